The van der Waals surface area contributed by atoms with Crippen molar-refractivity contribution in [3.63, 3.8) is 0 Å². The molecule has 0 aliphatic rings. The Labute approximate surface area is 127 Å². The lowest BCUT2D eigenvalue weighted by atomic mass is 10.1. The van der Waals surface area contributed by atoms with E-state index in [4.69, 9.17) is 0 Å². The van der Waals surface area contributed by atoms with Crippen LogP contribution in [0.25, 0.3) is 0 Å². The Balaban J connectivity index is 2.43. The van der Waals surface area contributed by atoms with Crippen molar-refractivity contribution in [1.29, 1.82) is 0 Å². The van der Waals surface area contributed by atoms with Crippen LogP contribution in [0.15, 0.2) is 35.3 Å². The average molecular weight is 290 g/mol. The smallest absolute Gasteiger partial charge is 0.246 e. The van der Waals surface area contributed by atoms with E-state index in [0.717, 1.165) is 25.2 Å². The predicted octanol–water partition coefficient (Wildman–Crippen LogP) is 2.23. The molecule has 1 aromatic rings. The minimum atomic E-state index is -0.123. The molecule has 1 rings (SSSR count). The standard InChI is InChI=1S/C16H26N4O/c1-4-17-16(18-11-10-13(2)3)19-12-15(21)20-14-8-6-5-7-9-14/h5-9,13H,4,10-12H2,1-3H3,(H,20,21)(H2,17,18,19). The van der Waals surface area contributed by atoms with Crippen LogP contribution in [0, 0.1) is 5.92 Å². The van der Waals surface area contributed by atoms with Gasteiger partial charge in [0.15, 0.2) is 5.96 Å². The van der Waals surface area contributed by atoms with E-state index in [9.17, 15) is 4.79 Å². The van der Waals surface area contributed by atoms with Gasteiger partial charge in [0.25, 0.3) is 0 Å². The molecular weight excluding hydrogens is 264 g/mol. The second kappa shape index (κ2) is 9.80. The highest BCUT2D eigenvalue weighted by molar-refractivity contribution is 5.94. The topological polar surface area (TPSA) is 65.5 Å². The number of para-hydroxylation sites is 1. The van der Waals surface area contributed by atoms with Crippen LogP contribution < -0.4 is 16.0 Å². The molecule has 5 nitrogen and oxygen atoms in total. The van der Waals surface area contributed by atoms with Gasteiger partial charge in [0.1, 0.15) is 6.54 Å². The number of carbonyl (C=O) groups is 1. The number of hydrogen-bond acceptors (Lipinski definition) is 2. The van der Waals surface area contributed by atoms with Gasteiger partial charge in [0.05, 0.1) is 0 Å². The zero-order valence-corrected chi connectivity index (χ0v) is 13.1. The monoisotopic (exact) mass is 290 g/mol. The lowest BCUT2D eigenvalue weighted by molar-refractivity contribution is -0.114. The van der Waals surface area contributed by atoms with Crippen molar-refractivity contribution in [3.8, 4) is 0 Å². The third kappa shape index (κ3) is 7.97. The van der Waals surface area contributed by atoms with Gasteiger partial charge in [-0.3, -0.25) is 4.79 Å². The zero-order chi connectivity index (χ0) is 15.5. The predicted molar refractivity (Wildman–Crippen MR) is 88.5 cm³/mol. The van der Waals surface area contributed by atoms with Crippen LogP contribution in [-0.4, -0.2) is 31.5 Å². The molecule has 5 heteroatoms. The minimum Gasteiger partial charge on any atom is -0.357 e. The first kappa shape index (κ1) is 17.0. The highest BCUT2D eigenvalue weighted by Gasteiger charge is 2.03. The Bertz CT molecular complexity index is 443. The molecule has 0 spiro atoms. The first-order valence-corrected chi connectivity index (χ1v) is 7.49. The van der Waals surface area contributed by atoms with Gasteiger partial charge >= 0.3 is 0 Å². The van der Waals surface area contributed by atoms with Gasteiger partial charge in [0, 0.05) is 18.8 Å². The second-order valence-corrected chi connectivity index (χ2v) is 5.22. The van der Waals surface area contributed by atoms with E-state index < -0.39 is 0 Å². The number of aliphatic imine (C=N–C) groups is 1. The third-order valence-corrected chi connectivity index (χ3v) is 2.80. The summed E-state index contributed by atoms with van der Waals surface area (Å²) in [7, 11) is 0. The van der Waals surface area contributed by atoms with Gasteiger partial charge in [-0.1, -0.05) is 32.0 Å². The summed E-state index contributed by atoms with van der Waals surface area (Å²) in [5, 5.41) is 9.18. The fourth-order valence-electron chi connectivity index (χ4n) is 1.69. The fraction of sp³-hybridized carbons (Fsp3) is 0.500. The van der Waals surface area contributed by atoms with Crippen LogP contribution >= 0.6 is 0 Å². The Morgan fingerprint density at radius 1 is 1.19 bits per heavy atom. The number of nitrogens with zero attached hydrogens (tertiary/aromatic N) is 1. The molecule has 0 aliphatic heterocycles. The van der Waals surface area contributed by atoms with Crippen LogP contribution in [0.3, 0.4) is 0 Å². The van der Waals surface area contributed by atoms with Crippen LogP contribution in [0.5, 0.6) is 0 Å². The molecule has 0 aliphatic carbocycles. The Morgan fingerprint density at radius 3 is 2.52 bits per heavy atom. The Hall–Kier alpha value is -2.04. The molecular formula is C16H26N4O. The van der Waals surface area contributed by atoms with E-state index in [1.807, 2.05) is 37.3 Å². The third-order valence-electron chi connectivity index (χ3n) is 2.80. The second-order valence-electron chi connectivity index (χ2n) is 5.22. The number of amides is 1. The number of rotatable bonds is 7. The van der Waals surface area contributed by atoms with Crippen LogP contribution in [0.4, 0.5) is 5.69 Å². The SMILES string of the molecule is CCNC(=NCC(=O)Nc1ccccc1)NCCC(C)C. The lowest BCUT2D eigenvalue weighted by Gasteiger charge is -2.12. The summed E-state index contributed by atoms with van der Waals surface area (Å²) in [6.45, 7) is 8.09. The molecule has 0 heterocycles. The molecule has 0 radical (unpaired) electrons. The van der Waals surface area contributed by atoms with Crippen molar-refractivity contribution in [1.82, 2.24) is 10.6 Å². The molecule has 0 saturated carbocycles. The molecule has 0 aromatic heterocycles. The number of guanidine groups is 1. The van der Waals surface area contributed by atoms with Crippen molar-refractivity contribution in [2.24, 2.45) is 10.9 Å². The molecule has 0 atom stereocenters. The molecule has 1 aromatic carbocycles. The van der Waals surface area contributed by atoms with Crippen molar-refractivity contribution >= 4 is 17.6 Å². The maximum atomic E-state index is 11.8. The van der Waals surface area contributed by atoms with Crippen LogP contribution in [-0.2, 0) is 4.79 Å². The lowest BCUT2D eigenvalue weighted by Crippen LogP contribution is -2.38. The van der Waals surface area contributed by atoms with Crippen molar-refractivity contribution < 1.29 is 4.79 Å². The average Bonchev–Trinajstić information content (AvgIpc) is 2.45. The number of carbonyl (C=O) groups excluding carboxylic acids is 1. The van der Waals surface area contributed by atoms with E-state index in [2.05, 4.69) is 34.8 Å². The fourth-order valence-corrected chi connectivity index (χ4v) is 1.69. The van der Waals surface area contributed by atoms with Gasteiger partial charge in [-0.15, -0.1) is 0 Å². The van der Waals surface area contributed by atoms with Crippen molar-refractivity contribution in [3.05, 3.63) is 30.3 Å². The molecule has 0 fully saturated rings. The van der Waals surface area contributed by atoms with E-state index in [0.29, 0.717) is 11.9 Å². The first-order chi connectivity index (χ1) is 10.1. The summed E-state index contributed by atoms with van der Waals surface area (Å²) in [6.07, 6.45) is 1.07. The van der Waals surface area contributed by atoms with Crippen LogP contribution in [0.2, 0.25) is 0 Å². The zero-order valence-electron chi connectivity index (χ0n) is 13.1. The van der Waals surface area contributed by atoms with E-state index in [1.54, 1.807) is 0 Å². The minimum absolute atomic E-state index is 0.103. The maximum absolute atomic E-state index is 11.8. The normalized spacial score (nSPS) is 11.3. The summed E-state index contributed by atoms with van der Waals surface area (Å²) >= 11 is 0. The summed E-state index contributed by atoms with van der Waals surface area (Å²) in [5.41, 5.74) is 0.787. The number of hydrogen-bond donors (Lipinski definition) is 3. The van der Waals surface area contributed by atoms with Crippen molar-refractivity contribution in [2.75, 3.05) is 25.0 Å². The summed E-state index contributed by atoms with van der Waals surface area (Å²) < 4.78 is 0. The molecule has 116 valence electrons. The van der Waals surface area contributed by atoms with E-state index in [1.165, 1.54) is 0 Å². The molecule has 0 saturated heterocycles. The van der Waals surface area contributed by atoms with Gasteiger partial charge in [-0.2, -0.15) is 0 Å². The molecule has 1 amide bonds. The molecule has 0 bridgehead atoms. The Morgan fingerprint density at radius 2 is 1.90 bits per heavy atom. The quantitative estimate of drug-likeness (QED) is 0.533. The Kier molecular flexibility index (Phi) is 7.94. The van der Waals surface area contributed by atoms with Gasteiger partial charge in [0.2, 0.25) is 5.91 Å². The van der Waals surface area contributed by atoms with Crippen molar-refractivity contribution in [2.45, 2.75) is 27.2 Å². The van der Waals surface area contributed by atoms with E-state index >= 15 is 0 Å². The summed E-state index contributed by atoms with van der Waals surface area (Å²) in [4.78, 5) is 16.1. The van der Waals surface area contributed by atoms with Gasteiger partial charge in [-0.25, -0.2) is 4.99 Å². The van der Waals surface area contributed by atoms with Gasteiger partial charge < -0.3 is 16.0 Å². The van der Waals surface area contributed by atoms with Gasteiger partial charge in [-0.05, 0) is 31.4 Å². The molecule has 0 unspecified atom stereocenters. The molecule has 21 heavy (non-hydrogen) atoms. The summed E-state index contributed by atoms with van der Waals surface area (Å²) in [6, 6.07) is 9.39. The molecule has 3 N–H and O–H groups in total. The largest absolute Gasteiger partial charge is 0.357 e. The first-order valence-electron chi connectivity index (χ1n) is 7.49. The highest BCUT2D eigenvalue weighted by Crippen LogP contribution is 2.04. The maximum Gasteiger partial charge on any atom is 0.246 e. The van der Waals surface area contributed by atoms with E-state index in [-0.39, 0.29) is 12.5 Å². The number of benzene rings is 1. The van der Waals surface area contributed by atoms with Crippen LogP contribution in [0.1, 0.15) is 27.2 Å². The number of nitrogens with one attached hydrogen (secondary N) is 3. The summed E-state index contributed by atoms with van der Waals surface area (Å²) in [5.74, 6) is 1.20. The number of anilines is 1. The highest BCUT2D eigenvalue weighted by atomic mass is 16.1.